The summed E-state index contributed by atoms with van der Waals surface area (Å²) in [6.07, 6.45) is 5.73. The Labute approximate surface area is 134 Å². The Morgan fingerprint density at radius 1 is 1.23 bits per heavy atom. The first-order chi connectivity index (χ1) is 10.6. The number of thiazole rings is 1. The molecule has 1 atom stereocenters. The van der Waals surface area contributed by atoms with E-state index >= 15 is 0 Å². The fraction of sp³-hybridized carbons (Fsp3) is 0.692. The molecule has 9 heteroatoms. The topological polar surface area (TPSA) is 82.6 Å². The number of hydrogen-bond acceptors (Lipinski definition) is 5. The largest absolute Gasteiger partial charge is 0.301 e. The van der Waals surface area contributed by atoms with E-state index in [1.807, 2.05) is 0 Å². The van der Waals surface area contributed by atoms with Crippen LogP contribution in [-0.2, 0) is 15.0 Å². The molecule has 0 bridgehead atoms. The zero-order chi connectivity index (χ0) is 15.6. The van der Waals surface area contributed by atoms with Crippen LogP contribution >= 0.6 is 11.3 Å². The summed E-state index contributed by atoms with van der Waals surface area (Å²) in [5, 5.41) is 4.99. The van der Waals surface area contributed by atoms with Crippen molar-refractivity contribution in [3.8, 4) is 0 Å². The molecule has 0 saturated carbocycles. The number of anilines is 1. The van der Waals surface area contributed by atoms with Gasteiger partial charge in [0.25, 0.3) is 10.2 Å². The first-order valence-electron chi connectivity index (χ1n) is 7.56. The predicted octanol–water partition coefficient (Wildman–Crippen LogP) is 1.28. The van der Waals surface area contributed by atoms with Crippen molar-refractivity contribution < 1.29 is 13.2 Å². The lowest BCUT2D eigenvalue weighted by Crippen LogP contribution is -2.50. The van der Waals surface area contributed by atoms with Gasteiger partial charge in [0.05, 0.1) is 0 Å². The smallest absolute Gasteiger partial charge is 0.282 e. The molecule has 2 aliphatic rings. The number of nitrogens with one attached hydrogen (secondary N) is 1. The number of carbonyl (C=O) groups excluding carboxylic acids is 1. The summed E-state index contributed by atoms with van der Waals surface area (Å²) >= 11 is 1.33. The Bertz CT molecular complexity index is 611. The number of hydrogen-bond donors (Lipinski definition) is 1. The van der Waals surface area contributed by atoms with Crippen LogP contribution in [0.15, 0.2) is 11.6 Å². The maximum Gasteiger partial charge on any atom is 0.282 e. The van der Waals surface area contributed by atoms with Gasteiger partial charge in [-0.05, 0) is 25.7 Å². The number of rotatable bonds is 4. The molecule has 22 heavy (non-hydrogen) atoms. The molecule has 0 radical (unpaired) electrons. The normalized spacial score (nSPS) is 24.5. The van der Waals surface area contributed by atoms with E-state index in [9.17, 15) is 13.2 Å². The van der Waals surface area contributed by atoms with Gasteiger partial charge in [-0.15, -0.1) is 11.3 Å². The number of amides is 1. The summed E-state index contributed by atoms with van der Waals surface area (Å²) in [5.41, 5.74) is 0. The molecule has 1 aromatic rings. The van der Waals surface area contributed by atoms with Crippen LogP contribution < -0.4 is 5.32 Å². The molecule has 0 aliphatic carbocycles. The summed E-state index contributed by atoms with van der Waals surface area (Å²) in [6.45, 7) is 1.52. The highest BCUT2D eigenvalue weighted by molar-refractivity contribution is 7.86. The molecule has 1 aromatic heterocycles. The van der Waals surface area contributed by atoms with Gasteiger partial charge in [0.2, 0.25) is 5.91 Å². The van der Waals surface area contributed by atoms with Crippen molar-refractivity contribution >= 4 is 32.6 Å². The van der Waals surface area contributed by atoms with Crippen molar-refractivity contribution in [2.45, 2.75) is 38.1 Å². The van der Waals surface area contributed by atoms with Gasteiger partial charge < -0.3 is 5.32 Å². The van der Waals surface area contributed by atoms with Crippen LogP contribution in [0.1, 0.15) is 32.1 Å². The van der Waals surface area contributed by atoms with Crippen molar-refractivity contribution in [3.63, 3.8) is 0 Å². The fourth-order valence-electron chi connectivity index (χ4n) is 3.00. The zero-order valence-electron chi connectivity index (χ0n) is 12.3. The molecule has 2 aliphatic heterocycles. The molecule has 3 heterocycles. The Balaban J connectivity index is 1.73. The maximum atomic E-state index is 12.8. The molecule has 2 fully saturated rings. The van der Waals surface area contributed by atoms with Crippen LogP contribution in [0.4, 0.5) is 5.13 Å². The lowest BCUT2D eigenvalue weighted by Gasteiger charge is -2.32. The lowest BCUT2D eigenvalue weighted by molar-refractivity contribution is -0.119. The molecule has 0 unspecified atom stereocenters. The second-order valence-electron chi connectivity index (χ2n) is 5.56. The number of nitrogens with zero attached hydrogens (tertiary/aromatic N) is 3. The first-order valence-corrected chi connectivity index (χ1v) is 9.84. The van der Waals surface area contributed by atoms with E-state index in [2.05, 4.69) is 10.3 Å². The number of carbonyl (C=O) groups is 1. The van der Waals surface area contributed by atoms with Crippen LogP contribution in [-0.4, -0.2) is 53.6 Å². The monoisotopic (exact) mass is 344 g/mol. The average molecular weight is 344 g/mol. The molecule has 2 saturated heterocycles. The highest BCUT2D eigenvalue weighted by atomic mass is 32.2. The van der Waals surface area contributed by atoms with Crippen LogP contribution in [0.5, 0.6) is 0 Å². The second-order valence-corrected chi connectivity index (χ2v) is 8.34. The lowest BCUT2D eigenvalue weighted by atomic mass is 10.2. The third-order valence-corrected chi connectivity index (χ3v) is 6.84. The predicted molar refractivity (Wildman–Crippen MR) is 84.8 cm³/mol. The van der Waals surface area contributed by atoms with Gasteiger partial charge in [-0.3, -0.25) is 4.79 Å². The fourth-order valence-corrected chi connectivity index (χ4v) is 5.43. The van der Waals surface area contributed by atoms with Gasteiger partial charge in [-0.25, -0.2) is 4.98 Å². The third-order valence-electron chi connectivity index (χ3n) is 4.11. The quantitative estimate of drug-likeness (QED) is 0.892. The van der Waals surface area contributed by atoms with E-state index < -0.39 is 16.3 Å². The molecule has 0 aromatic carbocycles. The summed E-state index contributed by atoms with van der Waals surface area (Å²) in [4.78, 5) is 16.4. The van der Waals surface area contributed by atoms with E-state index in [0.717, 1.165) is 19.3 Å². The van der Waals surface area contributed by atoms with Gasteiger partial charge >= 0.3 is 0 Å². The van der Waals surface area contributed by atoms with Crippen molar-refractivity contribution in [1.29, 1.82) is 0 Å². The Kier molecular flexibility index (Phi) is 4.76. The van der Waals surface area contributed by atoms with E-state index in [1.165, 1.54) is 19.9 Å². The van der Waals surface area contributed by atoms with Crippen molar-refractivity contribution in [1.82, 2.24) is 13.6 Å². The van der Waals surface area contributed by atoms with Crippen LogP contribution in [0, 0.1) is 0 Å². The van der Waals surface area contributed by atoms with Crippen molar-refractivity contribution in [2.24, 2.45) is 0 Å². The second kappa shape index (κ2) is 6.61. The standard InChI is InChI=1S/C13H20N4O3S2/c18-12(15-13-14-6-10-21-13)11-5-4-9-17(11)22(19,20)16-7-2-1-3-8-16/h6,10-11H,1-5,7-9H2,(H,14,15,18)/t11-/m1/s1. The van der Waals surface area contributed by atoms with E-state index in [1.54, 1.807) is 11.6 Å². The summed E-state index contributed by atoms with van der Waals surface area (Å²) in [6, 6.07) is -0.629. The third kappa shape index (κ3) is 3.17. The van der Waals surface area contributed by atoms with Crippen molar-refractivity contribution in [3.05, 3.63) is 11.6 Å². The van der Waals surface area contributed by atoms with Crippen LogP contribution in [0.2, 0.25) is 0 Å². The van der Waals surface area contributed by atoms with Crippen LogP contribution in [0.25, 0.3) is 0 Å². The SMILES string of the molecule is O=C(Nc1nccs1)[C@H]1CCCN1S(=O)(=O)N1CCCCC1. The first kappa shape index (κ1) is 15.9. The average Bonchev–Trinajstić information content (AvgIpc) is 3.19. The summed E-state index contributed by atoms with van der Waals surface area (Å²) < 4.78 is 28.4. The van der Waals surface area contributed by atoms with Gasteiger partial charge in [-0.2, -0.15) is 17.0 Å². The minimum atomic E-state index is -3.55. The molecular weight excluding hydrogens is 324 g/mol. The number of aromatic nitrogens is 1. The zero-order valence-corrected chi connectivity index (χ0v) is 13.9. The van der Waals surface area contributed by atoms with Crippen molar-refractivity contribution in [2.75, 3.05) is 25.0 Å². The Morgan fingerprint density at radius 3 is 2.68 bits per heavy atom. The molecule has 3 rings (SSSR count). The van der Waals surface area contributed by atoms with E-state index in [0.29, 0.717) is 37.6 Å². The van der Waals surface area contributed by atoms with Gasteiger partial charge in [0, 0.05) is 31.2 Å². The molecule has 7 nitrogen and oxygen atoms in total. The number of piperidine rings is 1. The van der Waals surface area contributed by atoms with Gasteiger partial charge in [-0.1, -0.05) is 6.42 Å². The molecule has 0 spiro atoms. The summed E-state index contributed by atoms with van der Waals surface area (Å²) in [5.74, 6) is -0.284. The highest BCUT2D eigenvalue weighted by Gasteiger charge is 2.41. The van der Waals surface area contributed by atoms with Gasteiger partial charge in [0.15, 0.2) is 5.13 Å². The minimum Gasteiger partial charge on any atom is -0.301 e. The summed E-state index contributed by atoms with van der Waals surface area (Å²) in [7, 11) is -3.55. The molecule has 122 valence electrons. The molecule has 1 amide bonds. The molecular formula is C13H20N4O3S2. The maximum absolute atomic E-state index is 12.8. The molecule has 1 N–H and O–H groups in total. The highest BCUT2D eigenvalue weighted by Crippen LogP contribution is 2.26. The Hall–Kier alpha value is -1.03. The minimum absolute atomic E-state index is 0.284. The Morgan fingerprint density at radius 2 is 2.00 bits per heavy atom. The van der Waals surface area contributed by atoms with E-state index in [-0.39, 0.29) is 5.91 Å². The van der Waals surface area contributed by atoms with Gasteiger partial charge in [0.1, 0.15) is 6.04 Å². The van der Waals surface area contributed by atoms with Crippen LogP contribution in [0.3, 0.4) is 0 Å². The van der Waals surface area contributed by atoms with E-state index in [4.69, 9.17) is 0 Å².